The third-order valence-corrected chi connectivity index (χ3v) is 6.15. The first kappa shape index (κ1) is 22.5. The van der Waals surface area contributed by atoms with E-state index in [0.29, 0.717) is 37.2 Å². The Kier molecular flexibility index (Phi) is 7.35. The van der Waals surface area contributed by atoms with Gasteiger partial charge in [0.15, 0.2) is 0 Å². The van der Waals surface area contributed by atoms with Gasteiger partial charge >= 0.3 is 12.5 Å². The predicted octanol–water partition coefficient (Wildman–Crippen LogP) is 3.55. The van der Waals surface area contributed by atoms with Crippen LogP contribution in [0.15, 0.2) is 24.3 Å². The van der Waals surface area contributed by atoms with Crippen LogP contribution in [0.1, 0.15) is 25.7 Å². The third-order valence-electron chi connectivity index (χ3n) is 5.18. The van der Waals surface area contributed by atoms with E-state index in [1.54, 1.807) is 16.7 Å². The number of hydrogen-bond acceptors (Lipinski definition) is 6. The molecule has 1 aliphatic heterocycles. The molecular weight excluding hydrogens is 423 g/mol. The summed E-state index contributed by atoms with van der Waals surface area (Å²) in [7, 11) is 0. The highest BCUT2D eigenvalue weighted by molar-refractivity contribution is 7.99. The van der Waals surface area contributed by atoms with Crippen molar-refractivity contribution in [2.75, 3.05) is 23.5 Å². The maximum absolute atomic E-state index is 12.4. The van der Waals surface area contributed by atoms with Crippen LogP contribution in [0.4, 0.5) is 23.7 Å². The number of nitrogens with one attached hydrogen (secondary N) is 1. The van der Waals surface area contributed by atoms with Crippen molar-refractivity contribution >= 4 is 29.4 Å². The molecule has 2 aliphatic rings. The number of nitrogens with zero attached hydrogens (tertiary/aromatic N) is 1. The van der Waals surface area contributed by atoms with Gasteiger partial charge in [0.25, 0.3) is 0 Å². The van der Waals surface area contributed by atoms with Gasteiger partial charge < -0.3 is 20.1 Å². The van der Waals surface area contributed by atoms with Gasteiger partial charge in [-0.05, 0) is 55.9 Å². The highest BCUT2D eigenvalue weighted by Gasteiger charge is 2.34. The minimum Gasteiger partial charge on any atom is -0.446 e. The molecular formula is C19H24F3N3O4S. The second-order valence-corrected chi connectivity index (χ2v) is 8.38. The summed E-state index contributed by atoms with van der Waals surface area (Å²) in [4.78, 5) is 26.3. The number of carbonyl (C=O) groups excluding carboxylic acids is 2. The Hall–Kier alpha value is -2.14. The SMILES string of the molecule is N[C@H](C(=O)N1CCSC1)[C@H]1CC[C@H](OC(=O)Nc2ccc(OC(F)(F)F)cc2)CC1. The van der Waals surface area contributed by atoms with Gasteiger partial charge in [-0.25, -0.2) is 4.79 Å². The van der Waals surface area contributed by atoms with Gasteiger partial charge in [-0.15, -0.1) is 24.9 Å². The minimum absolute atomic E-state index is 0.0138. The lowest BCUT2D eigenvalue weighted by Gasteiger charge is -2.32. The maximum Gasteiger partial charge on any atom is 0.573 e. The van der Waals surface area contributed by atoms with Crippen molar-refractivity contribution in [2.24, 2.45) is 11.7 Å². The average Bonchev–Trinajstić information content (AvgIpc) is 3.22. The van der Waals surface area contributed by atoms with Crippen LogP contribution in [0.3, 0.4) is 0 Å². The number of carbonyl (C=O) groups is 2. The smallest absolute Gasteiger partial charge is 0.446 e. The van der Waals surface area contributed by atoms with Crippen LogP contribution in [0.25, 0.3) is 0 Å². The van der Waals surface area contributed by atoms with E-state index in [4.69, 9.17) is 10.5 Å². The number of amides is 2. The monoisotopic (exact) mass is 447 g/mol. The van der Waals surface area contributed by atoms with Crippen molar-refractivity contribution in [1.29, 1.82) is 0 Å². The number of ether oxygens (including phenoxy) is 2. The molecule has 1 heterocycles. The number of benzene rings is 1. The molecule has 0 unspecified atom stereocenters. The van der Waals surface area contributed by atoms with Crippen LogP contribution in [0.5, 0.6) is 5.75 Å². The van der Waals surface area contributed by atoms with Crippen LogP contribution in [0.2, 0.25) is 0 Å². The fourth-order valence-electron chi connectivity index (χ4n) is 3.60. The summed E-state index contributed by atoms with van der Waals surface area (Å²) in [5, 5.41) is 2.48. The third kappa shape index (κ3) is 6.43. The van der Waals surface area contributed by atoms with Gasteiger partial charge in [0.2, 0.25) is 5.91 Å². The largest absolute Gasteiger partial charge is 0.573 e. The molecule has 1 aromatic rings. The van der Waals surface area contributed by atoms with Gasteiger partial charge in [0, 0.05) is 18.0 Å². The lowest BCUT2D eigenvalue weighted by Crippen LogP contribution is -2.48. The molecule has 0 aromatic heterocycles. The second kappa shape index (κ2) is 9.78. The van der Waals surface area contributed by atoms with Crippen LogP contribution >= 0.6 is 11.8 Å². The second-order valence-electron chi connectivity index (χ2n) is 7.30. The lowest BCUT2D eigenvalue weighted by atomic mass is 9.82. The molecule has 0 bridgehead atoms. The number of nitrogens with two attached hydrogens (primary N) is 1. The van der Waals surface area contributed by atoms with E-state index >= 15 is 0 Å². The number of anilines is 1. The van der Waals surface area contributed by atoms with Crippen molar-refractivity contribution < 1.29 is 32.2 Å². The van der Waals surface area contributed by atoms with Crippen molar-refractivity contribution in [2.45, 2.75) is 44.2 Å². The maximum atomic E-state index is 12.4. The standard InChI is InChI=1S/C19H24F3N3O4S/c20-19(21,22)29-15-7-3-13(4-8-15)24-18(27)28-14-5-1-12(2-6-14)16(23)17(26)25-9-10-30-11-25/h3-4,7-8,12,14,16H,1-2,5-6,9-11,23H2,(H,24,27)/t12-,14-,16-/m0/s1. The van der Waals surface area contributed by atoms with E-state index in [-0.39, 0.29) is 23.7 Å². The molecule has 0 spiro atoms. The van der Waals surface area contributed by atoms with Crippen LogP contribution in [-0.4, -0.2) is 53.6 Å². The number of halogens is 3. The van der Waals surface area contributed by atoms with E-state index in [9.17, 15) is 22.8 Å². The number of hydrogen-bond donors (Lipinski definition) is 2. The topological polar surface area (TPSA) is 93.9 Å². The average molecular weight is 447 g/mol. The molecule has 1 aromatic carbocycles. The van der Waals surface area contributed by atoms with Gasteiger partial charge in [-0.2, -0.15) is 0 Å². The molecule has 3 rings (SSSR count). The number of rotatable bonds is 5. The molecule has 7 nitrogen and oxygen atoms in total. The van der Waals surface area contributed by atoms with Gasteiger partial charge in [-0.1, -0.05) is 0 Å². The molecule has 0 radical (unpaired) electrons. The van der Waals surface area contributed by atoms with Crippen molar-refractivity contribution in [3.8, 4) is 5.75 Å². The van der Waals surface area contributed by atoms with E-state index < -0.39 is 18.5 Å². The Morgan fingerprint density at radius 3 is 2.40 bits per heavy atom. The zero-order valence-electron chi connectivity index (χ0n) is 16.2. The van der Waals surface area contributed by atoms with E-state index in [1.807, 2.05) is 0 Å². The zero-order chi connectivity index (χ0) is 21.7. The molecule has 1 atom stereocenters. The van der Waals surface area contributed by atoms with E-state index in [0.717, 1.165) is 24.4 Å². The van der Waals surface area contributed by atoms with Crippen molar-refractivity contribution in [3.05, 3.63) is 24.3 Å². The van der Waals surface area contributed by atoms with Crippen LogP contribution in [-0.2, 0) is 9.53 Å². The number of alkyl halides is 3. The fourth-order valence-corrected chi connectivity index (χ4v) is 4.56. The van der Waals surface area contributed by atoms with Gasteiger partial charge in [0.1, 0.15) is 11.9 Å². The van der Waals surface area contributed by atoms with Crippen LogP contribution in [0, 0.1) is 5.92 Å². The zero-order valence-corrected chi connectivity index (χ0v) is 17.0. The number of thioether (sulfide) groups is 1. The Labute approximate surface area is 176 Å². The first-order valence-corrected chi connectivity index (χ1v) is 10.8. The minimum atomic E-state index is -4.77. The fraction of sp³-hybridized carbons (Fsp3) is 0.579. The Morgan fingerprint density at radius 2 is 1.83 bits per heavy atom. The molecule has 1 saturated heterocycles. The van der Waals surface area contributed by atoms with Crippen molar-refractivity contribution in [3.63, 3.8) is 0 Å². The predicted molar refractivity (Wildman–Crippen MR) is 106 cm³/mol. The molecule has 30 heavy (non-hydrogen) atoms. The highest BCUT2D eigenvalue weighted by Crippen LogP contribution is 2.30. The molecule has 2 fully saturated rings. The first-order valence-electron chi connectivity index (χ1n) is 9.67. The molecule has 2 amide bonds. The summed E-state index contributed by atoms with van der Waals surface area (Å²) in [5.74, 6) is 1.30. The molecule has 1 saturated carbocycles. The summed E-state index contributed by atoms with van der Waals surface area (Å²) in [5.41, 5.74) is 6.46. The first-order chi connectivity index (χ1) is 14.2. The quantitative estimate of drug-likeness (QED) is 0.717. The van der Waals surface area contributed by atoms with Crippen LogP contribution < -0.4 is 15.8 Å². The Morgan fingerprint density at radius 1 is 1.17 bits per heavy atom. The summed E-state index contributed by atoms with van der Waals surface area (Å²) >= 11 is 1.71. The summed E-state index contributed by atoms with van der Waals surface area (Å²) in [6.07, 6.45) is -3.16. The van der Waals surface area contributed by atoms with E-state index in [2.05, 4.69) is 10.1 Å². The summed E-state index contributed by atoms with van der Waals surface area (Å²) in [6, 6.07) is 4.26. The van der Waals surface area contributed by atoms with Crippen molar-refractivity contribution in [1.82, 2.24) is 4.90 Å². The highest BCUT2D eigenvalue weighted by atomic mass is 32.2. The van der Waals surface area contributed by atoms with E-state index in [1.165, 1.54) is 12.1 Å². The van der Waals surface area contributed by atoms with Gasteiger partial charge in [-0.3, -0.25) is 10.1 Å². The molecule has 3 N–H and O–H groups in total. The van der Waals surface area contributed by atoms with Gasteiger partial charge in [0.05, 0.1) is 11.9 Å². The molecule has 11 heteroatoms. The summed E-state index contributed by atoms with van der Waals surface area (Å²) in [6.45, 7) is 0.735. The summed E-state index contributed by atoms with van der Waals surface area (Å²) < 4.78 is 45.7. The molecule has 1 aliphatic carbocycles. The Balaban J connectivity index is 1.41. The lowest BCUT2D eigenvalue weighted by molar-refractivity contribution is -0.274. The Bertz CT molecular complexity index is 734. The molecule has 166 valence electrons. The normalized spacial score (nSPS) is 23.0.